The fourth-order valence-corrected chi connectivity index (χ4v) is 3.47. The van der Waals surface area contributed by atoms with Gasteiger partial charge in [-0.2, -0.15) is 0 Å². The number of carbonyl (C=O) groups excluding carboxylic acids is 1. The highest BCUT2D eigenvalue weighted by Crippen LogP contribution is 2.17. The van der Waals surface area contributed by atoms with Crippen molar-refractivity contribution in [2.45, 2.75) is 30.1 Å². The van der Waals surface area contributed by atoms with Gasteiger partial charge in [0, 0.05) is 14.2 Å². The molecule has 7 nitrogen and oxygen atoms in total. The zero-order chi connectivity index (χ0) is 18.4. The second-order valence-electron chi connectivity index (χ2n) is 5.75. The summed E-state index contributed by atoms with van der Waals surface area (Å²) in [7, 11) is -0.548. The van der Waals surface area contributed by atoms with Crippen molar-refractivity contribution in [3.05, 3.63) is 42.0 Å². The Morgan fingerprint density at radius 2 is 1.88 bits per heavy atom. The molecule has 0 bridgehead atoms. The fraction of sp³-hybridized carbons (Fsp3) is 0.471. The number of aryl methyl sites for hydroxylation is 1. The van der Waals surface area contributed by atoms with Crippen LogP contribution in [-0.2, 0) is 28.8 Å². The molecule has 1 aromatic carbocycles. The molecule has 0 saturated carbocycles. The predicted molar refractivity (Wildman–Crippen MR) is 91.8 cm³/mol. The lowest BCUT2D eigenvalue weighted by molar-refractivity contribution is -0.143. The minimum atomic E-state index is -3.61. The first-order chi connectivity index (χ1) is 11.9. The third-order valence-corrected chi connectivity index (χ3v) is 5.36. The van der Waals surface area contributed by atoms with Crippen LogP contribution in [-0.4, -0.2) is 59.3 Å². The molecule has 3 atom stereocenters. The van der Waals surface area contributed by atoms with Crippen molar-refractivity contribution in [3.63, 3.8) is 0 Å². The second-order valence-corrected chi connectivity index (χ2v) is 7.74. The maximum absolute atomic E-state index is 12.3. The summed E-state index contributed by atoms with van der Waals surface area (Å²) in [6.07, 6.45) is 1.62. The number of amides is 1. The smallest absolute Gasteiger partial charge is 0.253 e. The first kappa shape index (κ1) is 19.6. The monoisotopic (exact) mass is 369 g/mol. The Kier molecular flexibility index (Phi) is 6.71. The van der Waals surface area contributed by atoms with Gasteiger partial charge in [0.1, 0.15) is 18.1 Å². The number of sulfone groups is 1. The molecule has 2 rings (SSSR count). The van der Waals surface area contributed by atoms with Crippen LogP contribution in [0.1, 0.15) is 5.56 Å². The van der Waals surface area contributed by atoms with Crippen molar-refractivity contribution in [3.8, 4) is 0 Å². The first-order valence-electron chi connectivity index (χ1n) is 7.80. The molecular weight excluding hydrogens is 346 g/mol. The molecule has 0 radical (unpaired) electrons. The highest BCUT2D eigenvalue weighted by molar-refractivity contribution is 7.91. The van der Waals surface area contributed by atoms with Crippen molar-refractivity contribution in [2.75, 3.05) is 26.7 Å². The Balaban J connectivity index is 1.99. The van der Waals surface area contributed by atoms with E-state index >= 15 is 0 Å². The number of carbonyl (C=O) groups is 1. The van der Waals surface area contributed by atoms with Crippen LogP contribution < -0.4 is 5.32 Å². The van der Waals surface area contributed by atoms with Gasteiger partial charge in [-0.05, 0) is 25.1 Å². The molecule has 1 aliphatic rings. The maximum Gasteiger partial charge on any atom is 0.253 e. The predicted octanol–water partition coefficient (Wildman–Crippen LogP) is 0.827. The van der Waals surface area contributed by atoms with E-state index in [1.165, 1.54) is 26.4 Å². The Bertz CT molecular complexity index is 713. The molecule has 1 aromatic rings. The van der Waals surface area contributed by atoms with Crippen LogP contribution in [0.3, 0.4) is 0 Å². The largest absolute Gasteiger partial charge is 0.382 e. The standard InChI is InChI=1S/C17H23NO6S/c1-12-4-6-13(7-5-12)25(20,21)11-18-17(19)15-9-8-14(23-3)16(24-15)10-22-2/h4-9,14-16H,10-11H2,1-3H3,(H,18,19)/t14-,15-,16+/m0/s1. The summed E-state index contributed by atoms with van der Waals surface area (Å²) in [4.78, 5) is 12.4. The number of hydrogen-bond acceptors (Lipinski definition) is 6. The molecule has 0 aliphatic carbocycles. The Morgan fingerprint density at radius 1 is 1.20 bits per heavy atom. The lowest BCUT2D eigenvalue weighted by Crippen LogP contribution is -2.46. The number of methoxy groups -OCH3 is 2. The van der Waals surface area contributed by atoms with E-state index in [1.807, 2.05) is 6.92 Å². The molecule has 25 heavy (non-hydrogen) atoms. The van der Waals surface area contributed by atoms with E-state index in [-0.39, 0.29) is 17.6 Å². The minimum absolute atomic E-state index is 0.162. The van der Waals surface area contributed by atoms with Gasteiger partial charge >= 0.3 is 0 Å². The Labute approximate surface area is 147 Å². The molecular formula is C17H23NO6S. The highest BCUT2D eigenvalue weighted by Gasteiger charge is 2.31. The topological polar surface area (TPSA) is 90.9 Å². The second kappa shape index (κ2) is 8.57. The number of nitrogens with one attached hydrogen (secondary N) is 1. The van der Waals surface area contributed by atoms with Crippen LogP contribution in [0.5, 0.6) is 0 Å². The number of ether oxygens (including phenoxy) is 3. The molecule has 138 valence electrons. The molecule has 8 heteroatoms. The lowest BCUT2D eigenvalue weighted by atomic mass is 10.1. The maximum atomic E-state index is 12.3. The van der Waals surface area contributed by atoms with E-state index in [0.29, 0.717) is 0 Å². The minimum Gasteiger partial charge on any atom is -0.382 e. The van der Waals surface area contributed by atoms with Gasteiger partial charge in [-0.1, -0.05) is 23.8 Å². The van der Waals surface area contributed by atoms with Crippen LogP contribution in [0.4, 0.5) is 0 Å². The summed E-state index contributed by atoms with van der Waals surface area (Å²) in [6.45, 7) is 2.13. The van der Waals surface area contributed by atoms with Gasteiger partial charge in [0.2, 0.25) is 0 Å². The van der Waals surface area contributed by atoms with Crippen LogP contribution in [0.2, 0.25) is 0 Å². The summed E-state index contributed by atoms with van der Waals surface area (Å²) < 4.78 is 40.5. The molecule has 0 saturated heterocycles. The van der Waals surface area contributed by atoms with E-state index in [4.69, 9.17) is 14.2 Å². The highest BCUT2D eigenvalue weighted by atomic mass is 32.2. The third-order valence-electron chi connectivity index (χ3n) is 3.84. The zero-order valence-electron chi connectivity index (χ0n) is 14.5. The molecule has 1 amide bonds. The van der Waals surface area contributed by atoms with E-state index in [2.05, 4.69) is 5.32 Å². The van der Waals surface area contributed by atoms with E-state index in [1.54, 1.807) is 24.3 Å². The molecule has 1 heterocycles. The molecule has 1 N–H and O–H groups in total. The van der Waals surface area contributed by atoms with Crippen LogP contribution in [0.15, 0.2) is 41.3 Å². The van der Waals surface area contributed by atoms with Gasteiger partial charge in [-0.15, -0.1) is 0 Å². The molecule has 0 unspecified atom stereocenters. The van der Waals surface area contributed by atoms with E-state index in [0.717, 1.165) is 5.56 Å². The third kappa shape index (κ3) is 5.12. The average Bonchev–Trinajstić information content (AvgIpc) is 2.60. The van der Waals surface area contributed by atoms with Crippen molar-refractivity contribution in [1.82, 2.24) is 5.32 Å². The number of rotatable bonds is 7. The van der Waals surface area contributed by atoms with Crippen molar-refractivity contribution in [2.24, 2.45) is 0 Å². The van der Waals surface area contributed by atoms with Gasteiger partial charge in [-0.25, -0.2) is 8.42 Å². The number of hydrogen-bond donors (Lipinski definition) is 1. The lowest BCUT2D eigenvalue weighted by Gasteiger charge is -2.30. The summed E-state index contributed by atoms with van der Waals surface area (Å²) >= 11 is 0. The SMILES string of the molecule is COC[C@H]1O[C@H](C(=O)NCS(=O)(=O)c2ccc(C)cc2)C=C[C@@H]1OC. The van der Waals surface area contributed by atoms with Crippen LogP contribution in [0.25, 0.3) is 0 Å². The summed E-state index contributed by atoms with van der Waals surface area (Å²) in [5.74, 6) is -1.02. The average molecular weight is 369 g/mol. The quantitative estimate of drug-likeness (QED) is 0.716. The van der Waals surface area contributed by atoms with Gasteiger partial charge in [0.25, 0.3) is 5.91 Å². The van der Waals surface area contributed by atoms with Crippen LogP contribution >= 0.6 is 0 Å². The van der Waals surface area contributed by atoms with Gasteiger partial charge < -0.3 is 19.5 Å². The summed E-state index contributed by atoms with van der Waals surface area (Å²) in [5, 5.41) is 2.42. The molecule has 0 spiro atoms. The summed E-state index contributed by atoms with van der Waals surface area (Å²) in [6, 6.07) is 6.46. The van der Waals surface area contributed by atoms with E-state index in [9.17, 15) is 13.2 Å². The van der Waals surface area contributed by atoms with Gasteiger partial charge in [0.15, 0.2) is 15.9 Å². The first-order valence-corrected chi connectivity index (χ1v) is 9.45. The molecule has 0 aromatic heterocycles. The number of benzene rings is 1. The Morgan fingerprint density at radius 3 is 2.48 bits per heavy atom. The molecule has 1 aliphatic heterocycles. The zero-order valence-corrected chi connectivity index (χ0v) is 15.3. The molecule has 0 fully saturated rings. The summed E-state index contributed by atoms with van der Waals surface area (Å²) in [5.41, 5.74) is 0.959. The van der Waals surface area contributed by atoms with E-state index < -0.39 is 33.8 Å². The van der Waals surface area contributed by atoms with Crippen molar-refractivity contribution >= 4 is 15.7 Å². The van der Waals surface area contributed by atoms with Crippen LogP contribution in [0, 0.1) is 6.92 Å². The fourth-order valence-electron chi connectivity index (χ4n) is 2.42. The van der Waals surface area contributed by atoms with Crippen molar-refractivity contribution in [1.29, 1.82) is 0 Å². The normalized spacial score (nSPS) is 23.4. The van der Waals surface area contributed by atoms with Gasteiger partial charge in [0.05, 0.1) is 11.5 Å². The Hall–Kier alpha value is -1.74. The van der Waals surface area contributed by atoms with Crippen molar-refractivity contribution < 1.29 is 27.4 Å². The van der Waals surface area contributed by atoms with Gasteiger partial charge in [-0.3, -0.25) is 4.79 Å².